The van der Waals surface area contributed by atoms with Crippen LogP contribution in [0.25, 0.3) is 10.9 Å². The second kappa shape index (κ2) is 8.94. The molecular weight excluding hydrogens is 410 g/mol. The van der Waals surface area contributed by atoms with Crippen molar-refractivity contribution in [3.8, 4) is 0 Å². The van der Waals surface area contributed by atoms with Crippen LogP contribution in [0.3, 0.4) is 0 Å². The molecule has 0 bridgehead atoms. The summed E-state index contributed by atoms with van der Waals surface area (Å²) in [7, 11) is -3.51. The van der Waals surface area contributed by atoms with Crippen molar-refractivity contribution in [1.29, 1.82) is 0 Å². The maximum atomic E-state index is 13.0. The van der Waals surface area contributed by atoms with E-state index in [0.29, 0.717) is 37.6 Å². The van der Waals surface area contributed by atoms with Crippen molar-refractivity contribution in [2.24, 2.45) is 0 Å². The Hall–Kier alpha value is -2.48. The highest BCUT2D eigenvalue weighted by Gasteiger charge is 2.29. The molecule has 0 amide bonds. The minimum atomic E-state index is -3.51. The van der Waals surface area contributed by atoms with Crippen LogP contribution >= 0.6 is 0 Å². The van der Waals surface area contributed by atoms with Crippen LogP contribution in [0.5, 0.6) is 0 Å². The standard InChI is InChI=1S/C24H29N3O3S/c1-3-6-19-9-11-20(12-10-19)31(29,30)27-15-13-26(14-16-27)17-23(28)24-18(2)25-22-8-5-4-7-21(22)24/h4-5,7-12,25H,3,6,13-17H2,1-2H3. The number of nitrogens with one attached hydrogen (secondary N) is 1. The van der Waals surface area contributed by atoms with E-state index in [-0.39, 0.29) is 5.78 Å². The highest BCUT2D eigenvalue weighted by Crippen LogP contribution is 2.23. The van der Waals surface area contributed by atoms with E-state index in [0.717, 1.165) is 40.6 Å². The average molecular weight is 440 g/mol. The second-order valence-electron chi connectivity index (χ2n) is 8.17. The summed E-state index contributed by atoms with van der Waals surface area (Å²) < 4.78 is 27.5. The van der Waals surface area contributed by atoms with Gasteiger partial charge in [0.15, 0.2) is 5.78 Å². The lowest BCUT2D eigenvalue weighted by Gasteiger charge is -2.33. The van der Waals surface area contributed by atoms with Gasteiger partial charge in [-0.3, -0.25) is 9.69 Å². The van der Waals surface area contributed by atoms with Gasteiger partial charge in [0, 0.05) is 48.3 Å². The van der Waals surface area contributed by atoms with E-state index in [9.17, 15) is 13.2 Å². The van der Waals surface area contributed by atoms with Gasteiger partial charge < -0.3 is 4.98 Å². The van der Waals surface area contributed by atoms with Crippen molar-refractivity contribution in [1.82, 2.24) is 14.2 Å². The van der Waals surface area contributed by atoms with Gasteiger partial charge in [0.2, 0.25) is 10.0 Å². The minimum Gasteiger partial charge on any atom is -0.358 e. The maximum absolute atomic E-state index is 13.0. The normalized spacial score (nSPS) is 16.1. The smallest absolute Gasteiger partial charge is 0.243 e. The largest absolute Gasteiger partial charge is 0.358 e. The number of ketones is 1. The van der Waals surface area contributed by atoms with E-state index in [1.165, 1.54) is 4.31 Å². The molecule has 2 heterocycles. The van der Waals surface area contributed by atoms with Crippen molar-refractivity contribution < 1.29 is 13.2 Å². The number of fused-ring (bicyclic) bond motifs is 1. The summed E-state index contributed by atoms with van der Waals surface area (Å²) in [4.78, 5) is 18.7. The van der Waals surface area contributed by atoms with E-state index >= 15 is 0 Å². The Bertz CT molecular complexity index is 1170. The number of aryl methyl sites for hydroxylation is 2. The number of carbonyl (C=O) groups is 1. The number of aromatic amines is 1. The lowest BCUT2D eigenvalue weighted by atomic mass is 10.1. The van der Waals surface area contributed by atoms with Crippen molar-refractivity contribution in [3.63, 3.8) is 0 Å². The number of rotatable bonds is 7. The number of hydrogen-bond acceptors (Lipinski definition) is 4. The highest BCUT2D eigenvalue weighted by atomic mass is 32.2. The number of piperazine rings is 1. The Balaban J connectivity index is 1.40. The van der Waals surface area contributed by atoms with Crippen LogP contribution in [-0.2, 0) is 16.4 Å². The SMILES string of the molecule is CCCc1ccc(S(=O)(=O)N2CCN(CC(=O)c3c(C)[nH]c4ccccc34)CC2)cc1. The van der Waals surface area contributed by atoms with Gasteiger partial charge in [0.05, 0.1) is 11.4 Å². The number of carbonyl (C=O) groups excluding carboxylic acids is 1. The van der Waals surface area contributed by atoms with Crippen molar-refractivity contribution in [2.75, 3.05) is 32.7 Å². The molecule has 0 radical (unpaired) electrons. The summed E-state index contributed by atoms with van der Waals surface area (Å²) in [6.07, 6.45) is 1.98. The predicted molar refractivity (Wildman–Crippen MR) is 123 cm³/mol. The number of H-pyrrole nitrogens is 1. The van der Waals surface area contributed by atoms with Crippen LogP contribution < -0.4 is 0 Å². The first-order valence-electron chi connectivity index (χ1n) is 10.8. The fourth-order valence-electron chi connectivity index (χ4n) is 4.31. The zero-order valence-electron chi connectivity index (χ0n) is 18.1. The molecule has 0 aliphatic carbocycles. The Morgan fingerprint density at radius 3 is 2.35 bits per heavy atom. The molecular formula is C24H29N3O3S. The average Bonchev–Trinajstić information content (AvgIpc) is 3.10. The molecule has 164 valence electrons. The molecule has 7 heteroatoms. The van der Waals surface area contributed by atoms with Gasteiger partial charge in [0.25, 0.3) is 0 Å². The third-order valence-corrected chi connectivity index (χ3v) is 7.88. The zero-order valence-corrected chi connectivity index (χ0v) is 18.9. The number of sulfonamides is 1. The highest BCUT2D eigenvalue weighted by molar-refractivity contribution is 7.89. The summed E-state index contributed by atoms with van der Waals surface area (Å²) in [6.45, 7) is 6.18. The second-order valence-corrected chi connectivity index (χ2v) is 10.1. The fourth-order valence-corrected chi connectivity index (χ4v) is 5.73. The summed E-state index contributed by atoms with van der Waals surface area (Å²) in [6, 6.07) is 15.0. The monoisotopic (exact) mass is 439 g/mol. The maximum Gasteiger partial charge on any atom is 0.243 e. The Morgan fingerprint density at radius 2 is 1.68 bits per heavy atom. The van der Waals surface area contributed by atoms with Crippen molar-refractivity contribution in [2.45, 2.75) is 31.6 Å². The van der Waals surface area contributed by atoms with Crippen LogP contribution in [-0.4, -0.2) is 61.1 Å². The number of hydrogen-bond donors (Lipinski definition) is 1. The number of benzene rings is 2. The molecule has 0 spiro atoms. The van der Waals surface area contributed by atoms with E-state index in [1.54, 1.807) is 12.1 Å². The molecule has 1 aromatic heterocycles. The molecule has 0 saturated carbocycles. The molecule has 1 aliphatic rings. The van der Waals surface area contributed by atoms with E-state index in [4.69, 9.17) is 0 Å². The minimum absolute atomic E-state index is 0.0674. The van der Waals surface area contributed by atoms with Gasteiger partial charge in [-0.2, -0.15) is 4.31 Å². The number of Topliss-reactive ketones (excluding diaryl/α,β-unsaturated/α-hetero) is 1. The first-order chi connectivity index (χ1) is 14.9. The first-order valence-corrected chi connectivity index (χ1v) is 12.3. The number of para-hydroxylation sites is 1. The van der Waals surface area contributed by atoms with Crippen LogP contribution in [0.2, 0.25) is 0 Å². The lowest BCUT2D eigenvalue weighted by Crippen LogP contribution is -2.49. The first kappa shape index (κ1) is 21.7. The van der Waals surface area contributed by atoms with Gasteiger partial charge in [-0.05, 0) is 37.1 Å². The van der Waals surface area contributed by atoms with Gasteiger partial charge in [-0.25, -0.2) is 8.42 Å². The molecule has 6 nitrogen and oxygen atoms in total. The number of aromatic nitrogens is 1. The Labute approximate surface area is 183 Å². The van der Waals surface area contributed by atoms with Gasteiger partial charge in [0.1, 0.15) is 0 Å². The summed E-state index contributed by atoms with van der Waals surface area (Å²) in [5.41, 5.74) is 3.72. The zero-order chi connectivity index (χ0) is 22.0. The molecule has 1 saturated heterocycles. The topological polar surface area (TPSA) is 73.5 Å². The molecule has 1 aliphatic heterocycles. The molecule has 0 atom stereocenters. The molecule has 0 unspecified atom stereocenters. The van der Waals surface area contributed by atoms with Gasteiger partial charge in [-0.1, -0.05) is 43.7 Å². The van der Waals surface area contributed by atoms with Gasteiger partial charge in [-0.15, -0.1) is 0 Å². The molecule has 1 N–H and O–H groups in total. The fraction of sp³-hybridized carbons (Fsp3) is 0.375. The Kier molecular flexibility index (Phi) is 6.27. The lowest BCUT2D eigenvalue weighted by molar-refractivity contribution is 0.0903. The van der Waals surface area contributed by atoms with E-state index in [1.807, 2.05) is 48.2 Å². The van der Waals surface area contributed by atoms with Crippen molar-refractivity contribution >= 4 is 26.7 Å². The summed E-state index contributed by atoms with van der Waals surface area (Å²) in [5, 5.41) is 0.942. The molecule has 1 fully saturated rings. The quantitative estimate of drug-likeness (QED) is 0.571. The van der Waals surface area contributed by atoms with Crippen LogP contribution in [0.4, 0.5) is 0 Å². The van der Waals surface area contributed by atoms with Crippen LogP contribution in [0, 0.1) is 6.92 Å². The van der Waals surface area contributed by atoms with Crippen molar-refractivity contribution in [3.05, 3.63) is 65.4 Å². The third-order valence-electron chi connectivity index (χ3n) is 5.97. The molecule has 3 aromatic rings. The predicted octanol–water partition coefficient (Wildman–Crippen LogP) is 3.62. The number of nitrogens with zero attached hydrogens (tertiary/aromatic N) is 2. The molecule has 2 aromatic carbocycles. The molecule has 4 rings (SSSR count). The summed E-state index contributed by atoms with van der Waals surface area (Å²) >= 11 is 0. The third kappa shape index (κ3) is 4.44. The van der Waals surface area contributed by atoms with Crippen LogP contribution in [0.1, 0.15) is 35.0 Å². The Morgan fingerprint density at radius 1 is 1.00 bits per heavy atom. The van der Waals surface area contributed by atoms with Gasteiger partial charge >= 0.3 is 0 Å². The molecule has 31 heavy (non-hydrogen) atoms. The van der Waals surface area contributed by atoms with E-state index < -0.39 is 10.0 Å². The van der Waals surface area contributed by atoms with E-state index in [2.05, 4.69) is 11.9 Å². The van der Waals surface area contributed by atoms with Crippen LogP contribution in [0.15, 0.2) is 53.4 Å². The summed E-state index contributed by atoms with van der Waals surface area (Å²) in [5.74, 6) is 0.0674.